The van der Waals surface area contributed by atoms with E-state index in [1.165, 1.54) is 0 Å². The van der Waals surface area contributed by atoms with Crippen LogP contribution < -0.4 is 5.32 Å². The highest BCUT2D eigenvalue weighted by atomic mass is 19.1. The monoisotopic (exact) mass is 165 g/mol. The predicted octanol–water partition coefficient (Wildman–Crippen LogP) is 1.65. The molecule has 0 saturated heterocycles. The Hall–Kier alpha value is -1.38. The van der Waals surface area contributed by atoms with Gasteiger partial charge in [0.1, 0.15) is 6.67 Å². The lowest BCUT2D eigenvalue weighted by molar-refractivity contribution is -0.115. The number of hydrogen-bond acceptors (Lipinski definition) is 1. The summed E-state index contributed by atoms with van der Waals surface area (Å²) in [6.45, 7) is -0.524. The van der Waals surface area contributed by atoms with Crippen LogP contribution in [0.1, 0.15) is 11.1 Å². The quantitative estimate of drug-likeness (QED) is 0.673. The summed E-state index contributed by atoms with van der Waals surface area (Å²) in [6.07, 6.45) is 0.378. The van der Waals surface area contributed by atoms with Gasteiger partial charge in [0.2, 0.25) is 5.91 Å². The molecular weight excluding hydrogens is 157 g/mol. The van der Waals surface area contributed by atoms with E-state index < -0.39 is 6.67 Å². The fourth-order valence-electron chi connectivity index (χ4n) is 1.43. The fourth-order valence-corrected chi connectivity index (χ4v) is 1.43. The average molecular weight is 165 g/mol. The van der Waals surface area contributed by atoms with Crippen molar-refractivity contribution in [2.75, 3.05) is 5.32 Å². The maximum Gasteiger partial charge on any atom is 0.228 e. The topological polar surface area (TPSA) is 29.1 Å². The molecule has 62 valence electrons. The van der Waals surface area contributed by atoms with E-state index in [0.717, 1.165) is 5.56 Å². The highest BCUT2D eigenvalue weighted by Crippen LogP contribution is 2.27. The zero-order valence-corrected chi connectivity index (χ0v) is 6.43. The Morgan fingerprint density at radius 1 is 1.50 bits per heavy atom. The van der Waals surface area contributed by atoms with Gasteiger partial charge < -0.3 is 5.32 Å². The van der Waals surface area contributed by atoms with Crippen LogP contribution in [0, 0.1) is 0 Å². The maximum atomic E-state index is 12.4. The third-order valence-electron chi connectivity index (χ3n) is 2.00. The van der Waals surface area contributed by atoms with E-state index in [0.29, 0.717) is 17.7 Å². The van der Waals surface area contributed by atoms with Crippen LogP contribution in [-0.4, -0.2) is 5.91 Å². The molecule has 0 spiro atoms. The van der Waals surface area contributed by atoms with E-state index in [4.69, 9.17) is 0 Å². The van der Waals surface area contributed by atoms with Crippen molar-refractivity contribution in [3.8, 4) is 0 Å². The summed E-state index contributed by atoms with van der Waals surface area (Å²) in [5.74, 6) is -0.0501. The number of nitrogens with one attached hydrogen (secondary N) is 1. The van der Waals surface area contributed by atoms with Crippen LogP contribution in [0.2, 0.25) is 0 Å². The number of halogens is 1. The largest absolute Gasteiger partial charge is 0.325 e. The molecule has 0 fully saturated rings. The molecule has 0 saturated carbocycles. The minimum Gasteiger partial charge on any atom is -0.325 e. The highest BCUT2D eigenvalue weighted by Gasteiger charge is 2.19. The number of alkyl halides is 1. The zero-order valence-electron chi connectivity index (χ0n) is 6.43. The Morgan fingerprint density at radius 3 is 3.08 bits per heavy atom. The van der Waals surface area contributed by atoms with Gasteiger partial charge in [-0.05, 0) is 5.56 Å². The molecule has 12 heavy (non-hydrogen) atoms. The number of carbonyl (C=O) groups excluding carboxylic acids is 1. The van der Waals surface area contributed by atoms with Gasteiger partial charge in [0.05, 0.1) is 12.1 Å². The summed E-state index contributed by atoms with van der Waals surface area (Å²) in [6, 6.07) is 5.30. The standard InChI is InChI=1S/C9H8FNO/c10-5-7-3-1-2-6-4-8(12)11-9(6)7/h1-3H,4-5H2,(H,11,12). The van der Waals surface area contributed by atoms with Crippen molar-refractivity contribution in [3.05, 3.63) is 29.3 Å². The molecule has 1 aromatic carbocycles. The van der Waals surface area contributed by atoms with Crippen molar-refractivity contribution in [3.63, 3.8) is 0 Å². The predicted molar refractivity (Wildman–Crippen MR) is 43.6 cm³/mol. The molecule has 1 aliphatic rings. The second-order valence-corrected chi connectivity index (χ2v) is 2.81. The van der Waals surface area contributed by atoms with Gasteiger partial charge in [-0.25, -0.2) is 4.39 Å². The minimum absolute atomic E-state index is 0.0501. The lowest BCUT2D eigenvalue weighted by atomic mass is 10.1. The van der Waals surface area contributed by atoms with Crippen molar-refractivity contribution >= 4 is 11.6 Å². The van der Waals surface area contributed by atoms with E-state index in [9.17, 15) is 9.18 Å². The number of benzene rings is 1. The first-order valence-electron chi connectivity index (χ1n) is 3.78. The second-order valence-electron chi connectivity index (χ2n) is 2.81. The van der Waals surface area contributed by atoms with Crippen molar-refractivity contribution < 1.29 is 9.18 Å². The molecule has 1 heterocycles. The number of amides is 1. The molecule has 0 aliphatic carbocycles. The van der Waals surface area contributed by atoms with Crippen LogP contribution in [-0.2, 0) is 17.9 Å². The Labute approximate surface area is 69.4 Å². The van der Waals surface area contributed by atoms with Crippen LogP contribution in [0.3, 0.4) is 0 Å². The van der Waals surface area contributed by atoms with E-state index in [1.807, 2.05) is 6.07 Å². The fraction of sp³-hybridized carbons (Fsp3) is 0.222. The van der Waals surface area contributed by atoms with E-state index in [-0.39, 0.29) is 5.91 Å². The molecule has 0 unspecified atom stereocenters. The Balaban J connectivity index is 2.51. The molecule has 0 radical (unpaired) electrons. The Morgan fingerprint density at radius 2 is 2.33 bits per heavy atom. The Kier molecular flexibility index (Phi) is 1.57. The summed E-state index contributed by atoms with van der Waals surface area (Å²) < 4.78 is 12.4. The zero-order chi connectivity index (χ0) is 8.55. The van der Waals surface area contributed by atoms with Crippen LogP contribution in [0.25, 0.3) is 0 Å². The van der Waals surface area contributed by atoms with Crippen LogP contribution in [0.5, 0.6) is 0 Å². The van der Waals surface area contributed by atoms with Crippen molar-refractivity contribution in [1.82, 2.24) is 0 Å². The van der Waals surface area contributed by atoms with Gasteiger partial charge in [-0.1, -0.05) is 18.2 Å². The Bertz CT molecular complexity index is 335. The molecule has 1 aromatic rings. The molecular formula is C9H8FNO. The molecule has 0 atom stereocenters. The van der Waals surface area contributed by atoms with Gasteiger partial charge in [-0.3, -0.25) is 4.79 Å². The normalized spacial score (nSPS) is 14.2. The van der Waals surface area contributed by atoms with Gasteiger partial charge in [0, 0.05) is 5.56 Å². The number of rotatable bonds is 1. The molecule has 1 aliphatic heterocycles. The third-order valence-corrected chi connectivity index (χ3v) is 2.00. The molecule has 3 heteroatoms. The first-order valence-corrected chi connectivity index (χ1v) is 3.78. The van der Waals surface area contributed by atoms with Gasteiger partial charge in [-0.15, -0.1) is 0 Å². The first-order chi connectivity index (χ1) is 5.81. The van der Waals surface area contributed by atoms with Crippen molar-refractivity contribution in [1.29, 1.82) is 0 Å². The molecule has 1 amide bonds. The SMILES string of the molecule is O=C1Cc2cccc(CF)c2N1. The van der Waals surface area contributed by atoms with Crippen LogP contribution >= 0.6 is 0 Å². The van der Waals surface area contributed by atoms with Gasteiger partial charge >= 0.3 is 0 Å². The maximum absolute atomic E-state index is 12.4. The van der Waals surface area contributed by atoms with E-state index >= 15 is 0 Å². The van der Waals surface area contributed by atoms with Crippen LogP contribution in [0.15, 0.2) is 18.2 Å². The smallest absolute Gasteiger partial charge is 0.228 e. The lowest BCUT2D eigenvalue weighted by Gasteiger charge is -2.02. The van der Waals surface area contributed by atoms with Crippen molar-refractivity contribution in [2.45, 2.75) is 13.1 Å². The van der Waals surface area contributed by atoms with E-state index in [1.54, 1.807) is 12.1 Å². The molecule has 2 rings (SSSR count). The third kappa shape index (κ3) is 0.978. The lowest BCUT2D eigenvalue weighted by Crippen LogP contribution is -2.04. The van der Waals surface area contributed by atoms with Gasteiger partial charge in [0.15, 0.2) is 0 Å². The number of fused-ring (bicyclic) bond motifs is 1. The number of anilines is 1. The van der Waals surface area contributed by atoms with E-state index in [2.05, 4.69) is 5.32 Å². The summed E-state index contributed by atoms with van der Waals surface area (Å²) in [5, 5.41) is 2.64. The number of hydrogen-bond donors (Lipinski definition) is 1. The molecule has 0 bridgehead atoms. The highest BCUT2D eigenvalue weighted by molar-refractivity contribution is 5.99. The average Bonchev–Trinajstić information content (AvgIpc) is 2.44. The summed E-state index contributed by atoms with van der Waals surface area (Å²) in [5.41, 5.74) is 2.14. The summed E-state index contributed by atoms with van der Waals surface area (Å²) in [7, 11) is 0. The molecule has 2 nitrogen and oxygen atoms in total. The first kappa shape index (κ1) is 7.28. The second kappa shape index (κ2) is 2.59. The summed E-state index contributed by atoms with van der Waals surface area (Å²) in [4.78, 5) is 10.9. The van der Waals surface area contributed by atoms with Gasteiger partial charge in [-0.2, -0.15) is 0 Å². The molecule has 0 aromatic heterocycles. The number of para-hydroxylation sites is 1. The van der Waals surface area contributed by atoms with Crippen LogP contribution in [0.4, 0.5) is 10.1 Å². The van der Waals surface area contributed by atoms with Crippen molar-refractivity contribution in [2.24, 2.45) is 0 Å². The van der Waals surface area contributed by atoms with Gasteiger partial charge in [0.25, 0.3) is 0 Å². The molecule has 1 N–H and O–H groups in total. The minimum atomic E-state index is -0.524. The number of carbonyl (C=O) groups is 1. The summed E-state index contributed by atoms with van der Waals surface area (Å²) >= 11 is 0.